The summed E-state index contributed by atoms with van der Waals surface area (Å²) in [5.41, 5.74) is 8.84. The normalized spacial score (nSPS) is 19.2. The van der Waals surface area contributed by atoms with Gasteiger partial charge in [-0.25, -0.2) is 0 Å². The van der Waals surface area contributed by atoms with E-state index < -0.39 is 0 Å². The van der Waals surface area contributed by atoms with Gasteiger partial charge in [-0.2, -0.15) is 0 Å². The van der Waals surface area contributed by atoms with Crippen LogP contribution in [-0.4, -0.2) is 36.3 Å². The number of nitrogens with one attached hydrogen (secondary N) is 1. The number of hydrogen-bond donors (Lipinski definition) is 2. The quantitative estimate of drug-likeness (QED) is 0.607. The smallest absolute Gasteiger partial charge is 0.234 e. The SMILES string of the molecule is CNC(C)C(N)=O.O=C(CC1CCCCC1)N1CCC[C@H]1c1cccc(Cc2ccccc2)c1. The number of hydrogen-bond acceptors (Lipinski definition) is 3. The number of benzene rings is 2. The van der Waals surface area contributed by atoms with Crippen molar-refractivity contribution in [3.8, 4) is 0 Å². The molecule has 2 aliphatic rings. The third-order valence-corrected chi connectivity index (χ3v) is 7.21. The Morgan fingerprint density at radius 2 is 1.68 bits per heavy atom. The molecule has 0 radical (unpaired) electrons. The minimum atomic E-state index is -0.317. The van der Waals surface area contributed by atoms with Crippen molar-refractivity contribution >= 4 is 11.8 Å². The molecule has 2 amide bonds. The van der Waals surface area contributed by atoms with Gasteiger partial charge in [0, 0.05) is 13.0 Å². The van der Waals surface area contributed by atoms with Crippen molar-refractivity contribution in [1.29, 1.82) is 0 Å². The van der Waals surface area contributed by atoms with Gasteiger partial charge in [-0.1, -0.05) is 73.9 Å². The fourth-order valence-corrected chi connectivity index (χ4v) is 5.05. The topological polar surface area (TPSA) is 75.4 Å². The molecule has 1 aliphatic carbocycles. The van der Waals surface area contributed by atoms with Crippen molar-refractivity contribution in [3.05, 3.63) is 71.3 Å². The maximum absolute atomic E-state index is 13.0. The Morgan fingerprint density at radius 1 is 0.971 bits per heavy atom. The molecule has 0 spiro atoms. The summed E-state index contributed by atoms with van der Waals surface area (Å²) in [6.45, 7) is 2.64. The summed E-state index contributed by atoms with van der Waals surface area (Å²) >= 11 is 0. The molecule has 34 heavy (non-hydrogen) atoms. The number of carbonyl (C=O) groups is 2. The molecule has 2 aromatic rings. The fourth-order valence-electron chi connectivity index (χ4n) is 5.05. The Morgan fingerprint density at radius 3 is 2.32 bits per heavy atom. The molecule has 4 rings (SSSR count). The van der Waals surface area contributed by atoms with Crippen molar-refractivity contribution in [1.82, 2.24) is 10.2 Å². The Kier molecular flexibility index (Phi) is 10.1. The number of nitrogens with two attached hydrogens (primary N) is 1. The number of amides is 2. The van der Waals surface area contributed by atoms with Crippen molar-refractivity contribution in [2.45, 2.75) is 76.8 Å². The summed E-state index contributed by atoms with van der Waals surface area (Å²) in [4.78, 5) is 25.3. The van der Waals surface area contributed by atoms with E-state index in [2.05, 4.69) is 64.8 Å². The number of likely N-dealkylation sites (N-methyl/N-ethyl adjacent to an activating group) is 1. The lowest BCUT2D eigenvalue weighted by Crippen LogP contribution is -2.36. The van der Waals surface area contributed by atoms with Gasteiger partial charge in [0.2, 0.25) is 11.8 Å². The molecule has 2 aromatic carbocycles. The van der Waals surface area contributed by atoms with E-state index in [0.29, 0.717) is 11.8 Å². The molecule has 2 atom stereocenters. The van der Waals surface area contributed by atoms with Crippen LogP contribution in [-0.2, 0) is 16.0 Å². The number of nitrogens with zero attached hydrogens (tertiary/aromatic N) is 1. The molecule has 5 nitrogen and oxygen atoms in total. The van der Waals surface area contributed by atoms with Crippen LogP contribution in [0.3, 0.4) is 0 Å². The van der Waals surface area contributed by atoms with Crippen molar-refractivity contribution < 1.29 is 9.59 Å². The zero-order valence-electron chi connectivity index (χ0n) is 20.8. The molecule has 2 fully saturated rings. The lowest BCUT2D eigenvalue weighted by atomic mass is 9.86. The minimum Gasteiger partial charge on any atom is -0.368 e. The predicted octanol–water partition coefficient (Wildman–Crippen LogP) is 4.99. The second kappa shape index (κ2) is 13.3. The van der Waals surface area contributed by atoms with Gasteiger partial charge in [0.15, 0.2) is 0 Å². The van der Waals surface area contributed by atoms with Crippen LogP contribution in [0.15, 0.2) is 54.6 Å². The first-order chi connectivity index (χ1) is 16.5. The number of rotatable bonds is 7. The summed E-state index contributed by atoms with van der Waals surface area (Å²) in [7, 11) is 1.69. The molecule has 0 aromatic heterocycles. The first kappa shape index (κ1) is 26.0. The molecule has 1 unspecified atom stereocenters. The van der Waals surface area contributed by atoms with E-state index in [-0.39, 0.29) is 18.0 Å². The van der Waals surface area contributed by atoms with E-state index in [1.54, 1.807) is 14.0 Å². The molecule has 5 heteroatoms. The highest BCUT2D eigenvalue weighted by Crippen LogP contribution is 2.35. The zero-order chi connectivity index (χ0) is 24.3. The van der Waals surface area contributed by atoms with Crippen LogP contribution in [0.5, 0.6) is 0 Å². The van der Waals surface area contributed by atoms with E-state index in [1.807, 2.05) is 0 Å². The maximum atomic E-state index is 13.0. The Balaban J connectivity index is 0.000000406. The highest BCUT2D eigenvalue weighted by molar-refractivity contribution is 5.79. The van der Waals surface area contributed by atoms with Gasteiger partial charge in [0.1, 0.15) is 0 Å². The summed E-state index contributed by atoms with van der Waals surface area (Å²) < 4.78 is 0. The van der Waals surface area contributed by atoms with Gasteiger partial charge in [0.25, 0.3) is 0 Å². The summed E-state index contributed by atoms with van der Waals surface area (Å²) in [5.74, 6) is 0.692. The Labute approximate surface area is 205 Å². The van der Waals surface area contributed by atoms with Crippen LogP contribution in [0.4, 0.5) is 0 Å². The Hall–Kier alpha value is -2.66. The van der Waals surface area contributed by atoms with Gasteiger partial charge in [0.05, 0.1) is 12.1 Å². The van der Waals surface area contributed by atoms with Crippen LogP contribution in [0.1, 0.15) is 81.0 Å². The van der Waals surface area contributed by atoms with Crippen molar-refractivity contribution in [3.63, 3.8) is 0 Å². The molecule has 1 aliphatic heterocycles. The Bertz CT molecular complexity index is 909. The van der Waals surface area contributed by atoms with Crippen LogP contribution in [0.25, 0.3) is 0 Å². The third-order valence-electron chi connectivity index (χ3n) is 7.21. The van der Waals surface area contributed by atoms with Gasteiger partial charge < -0.3 is 16.0 Å². The second-order valence-electron chi connectivity index (χ2n) is 9.77. The van der Waals surface area contributed by atoms with Gasteiger partial charge >= 0.3 is 0 Å². The summed E-state index contributed by atoms with van der Waals surface area (Å²) in [5, 5.41) is 2.69. The van der Waals surface area contributed by atoms with Gasteiger partial charge in [-0.3, -0.25) is 9.59 Å². The largest absolute Gasteiger partial charge is 0.368 e. The first-order valence-corrected chi connectivity index (χ1v) is 12.9. The standard InChI is InChI=1S/C25H31NO.C4H10N2O/c27-25(19-21-11-5-2-6-12-21)26-16-8-15-24(26)23-14-7-13-22(18-23)17-20-9-3-1-4-10-20;1-3(6-2)4(5)7/h1,3-4,7,9-10,13-14,18,21,24H,2,5-6,8,11-12,15-17,19H2;3,6H,1-2H3,(H2,5,7)/t24-;/m0./s1. The van der Waals surface area contributed by atoms with E-state index in [1.165, 1.54) is 48.8 Å². The highest BCUT2D eigenvalue weighted by Gasteiger charge is 2.31. The average Bonchev–Trinajstić information content (AvgIpc) is 3.36. The van der Waals surface area contributed by atoms with E-state index >= 15 is 0 Å². The van der Waals surface area contributed by atoms with E-state index in [9.17, 15) is 9.59 Å². The van der Waals surface area contributed by atoms with Crippen LogP contribution < -0.4 is 11.1 Å². The predicted molar refractivity (Wildman–Crippen MR) is 138 cm³/mol. The average molecular weight is 464 g/mol. The minimum absolute atomic E-state index is 0.208. The molecule has 0 bridgehead atoms. The molecular weight excluding hydrogens is 422 g/mol. The highest BCUT2D eigenvalue weighted by atomic mass is 16.2. The summed E-state index contributed by atoms with van der Waals surface area (Å²) in [6, 6.07) is 19.6. The van der Waals surface area contributed by atoms with E-state index in [0.717, 1.165) is 32.2 Å². The monoisotopic (exact) mass is 463 g/mol. The van der Waals surface area contributed by atoms with Crippen LogP contribution >= 0.6 is 0 Å². The van der Waals surface area contributed by atoms with Crippen molar-refractivity contribution in [2.24, 2.45) is 11.7 Å². The van der Waals surface area contributed by atoms with Gasteiger partial charge in [-0.05, 0) is 68.7 Å². The maximum Gasteiger partial charge on any atom is 0.234 e. The third kappa shape index (κ3) is 7.69. The molecule has 1 heterocycles. The van der Waals surface area contributed by atoms with Crippen molar-refractivity contribution in [2.75, 3.05) is 13.6 Å². The second-order valence-corrected chi connectivity index (χ2v) is 9.77. The molecule has 1 saturated carbocycles. The van der Waals surface area contributed by atoms with Crippen LogP contribution in [0, 0.1) is 5.92 Å². The number of primary amides is 1. The van der Waals surface area contributed by atoms with E-state index in [4.69, 9.17) is 5.73 Å². The molecule has 184 valence electrons. The number of carbonyl (C=O) groups excluding carboxylic acids is 2. The number of likely N-dealkylation sites (tertiary alicyclic amines) is 1. The molecule has 1 saturated heterocycles. The lowest BCUT2D eigenvalue weighted by molar-refractivity contribution is -0.133. The molecule has 3 N–H and O–H groups in total. The lowest BCUT2D eigenvalue weighted by Gasteiger charge is -2.28. The van der Waals surface area contributed by atoms with Crippen LogP contribution in [0.2, 0.25) is 0 Å². The fraction of sp³-hybridized carbons (Fsp3) is 0.517. The first-order valence-electron chi connectivity index (χ1n) is 12.9. The van der Waals surface area contributed by atoms with Gasteiger partial charge in [-0.15, -0.1) is 0 Å². The zero-order valence-corrected chi connectivity index (χ0v) is 20.8. The summed E-state index contributed by atoms with van der Waals surface area (Å²) in [6.07, 6.45) is 10.4. The molecular formula is C29H41N3O2.